The molecule has 2 rings (SSSR count). The molecule has 1 aliphatic heterocycles. The molecule has 0 aromatic heterocycles. The fourth-order valence-corrected chi connectivity index (χ4v) is 4.51. The van der Waals surface area contributed by atoms with Crippen molar-refractivity contribution in [2.24, 2.45) is 0 Å². The zero-order chi connectivity index (χ0) is 25.9. The lowest BCUT2D eigenvalue weighted by molar-refractivity contribution is -0.122. The van der Waals surface area contributed by atoms with Gasteiger partial charge in [-0.2, -0.15) is 0 Å². The molecule has 0 spiro atoms. The van der Waals surface area contributed by atoms with Crippen molar-refractivity contribution in [3.63, 3.8) is 0 Å². The summed E-state index contributed by atoms with van der Waals surface area (Å²) in [5.41, 5.74) is 3.26. The second-order valence-corrected chi connectivity index (χ2v) is 9.58. The molecule has 35 heavy (non-hydrogen) atoms. The van der Waals surface area contributed by atoms with E-state index in [0.717, 1.165) is 62.0 Å². The van der Waals surface area contributed by atoms with Crippen molar-refractivity contribution >= 4 is 17.7 Å². The van der Waals surface area contributed by atoms with Crippen LogP contribution in [0.3, 0.4) is 0 Å². The number of rotatable bonds is 13. The van der Waals surface area contributed by atoms with E-state index in [1.165, 1.54) is 52.1 Å². The number of unbranched alkanes of at least 4 members (excludes halogenated alkanes) is 7. The SMILES string of the molecule is CCCCCCCCCCOC(=O)OC.CCCN1CCCCC1C(=O)Nc1c(C)cccc1C. The second kappa shape index (κ2) is 19.1. The topological polar surface area (TPSA) is 67.9 Å². The summed E-state index contributed by atoms with van der Waals surface area (Å²) in [7, 11) is 1.33. The van der Waals surface area contributed by atoms with Crippen molar-refractivity contribution in [1.29, 1.82) is 0 Å². The van der Waals surface area contributed by atoms with Gasteiger partial charge in [-0.15, -0.1) is 0 Å². The maximum absolute atomic E-state index is 12.6. The summed E-state index contributed by atoms with van der Waals surface area (Å²) in [6.07, 6.45) is 13.9. The van der Waals surface area contributed by atoms with Gasteiger partial charge in [0.05, 0.1) is 19.8 Å². The number of benzene rings is 1. The van der Waals surface area contributed by atoms with Gasteiger partial charge in [0.15, 0.2) is 0 Å². The molecular weight excluding hydrogens is 440 g/mol. The lowest BCUT2D eigenvalue weighted by Gasteiger charge is -2.34. The third-order valence-electron chi connectivity index (χ3n) is 6.54. The molecule has 1 aliphatic rings. The third kappa shape index (κ3) is 13.0. The number of carbonyl (C=O) groups is 2. The van der Waals surface area contributed by atoms with Gasteiger partial charge in [-0.05, 0) is 63.7 Å². The number of likely N-dealkylation sites (tertiary alicyclic amines) is 1. The Morgan fingerprint density at radius 3 is 2.17 bits per heavy atom. The molecule has 1 saturated heterocycles. The molecule has 0 saturated carbocycles. The lowest BCUT2D eigenvalue weighted by Crippen LogP contribution is -2.47. The van der Waals surface area contributed by atoms with Crippen LogP contribution < -0.4 is 5.32 Å². The van der Waals surface area contributed by atoms with E-state index in [9.17, 15) is 9.59 Å². The predicted molar refractivity (Wildman–Crippen MR) is 145 cm³/mol. The van der Waals surface area contributed by atoms with Crippen molar-refractivity contribution in [3.8, 4) is 0 Å². The summed E-state index contributed by atoms with van der Waals surface area (Å²) in [5, 5.41) is 3.16. The van der Waals surface area contributed by atoms with Crippen LogP contribution in [0.25, 0.3) is 0 Å². The van der Waals surface area contributed by atoms with Crippen LogP contribution in [0, 0.1) is 13.8 Å². The minimum Gasteiger partial charge on any atom is -0.438 e. The number of aryl methyl sites for hydroxylation is 2. The Hall–Kier alpha value is -2.08. The molecule has 1 unspecified atom stereocenters. The molecule has 1 fully saturated rings. The number of hydrogen-bond acceptors (Lipinski definition) is 5. The van der Waals surface area contributed by atoms with Crippen molar-refractivity contribution in [3.05, 3.63) is 29.3 Å². The van der Waals surface area contributed by atoms with Gasteiger partial charge in [0, 0.05) is 5.69 Å². The molecule has 1 heterocycles. The number of hydrogen-bond donors (Lipinski definition) is 1. The summed E-state index contributed by atoms with van der Waals surface area (Å²) in [4.78, 5) is 25.5. The number of carbonyl (C=O) groups excluding carboxylic acids is 2. The molecular formula is C29H50N2O4. The van der Waals surface area contributed by atoms with Crippen molar-refractivity contribution in [2.45, 2.75) is 111 Å². The first-order chi connectivity index (χ1) is 16.9. The summed E-state index contributed by atoms with van der Waals surface area (Å²) in [6.45, 7) is 11.1. The fourth-order valence-electron chi connectivity index (χ4n) is 4.51. The van der Waals surface area contributed by atoms with E-state index in [4.69, 9.17) is 4.74 Å². The molecule has 1 amide bonds. The molecule has 0 bridgehead atoms. The van der Waals surface area contributed by atoms with Gasteiger partial charge in [0.25, 0.3) is 0 Å². The predicted octanol–water partition coefficient (Wildman–Crippen LogP) is 7.42. The number of anilines is 1. The molecule has 6 heteroatoms. The second-order valence-electron chi connectivity index (χ2n) is 9.58. The van der Waals surface area contributed by atoms with Crippen LogP contribution in [0.2, 0.25) is 0 Å². The third-order valence-corrected chi connectivity index (χ3v) is 6.54. The minimum atomic E-state index is -0.571. The van der Waals surface area contributed by atoms with Gasteiger partial charge in [-0.25, -0.2) is 4.79 Å². The quantitative estimate of drug-likeness (QED) is 0.230. The first-order valence-electron chi connectivity index (χ1n) is 13.8. The van der Waals surface area contributed by atoms with Gasteiger partial charge in [-0.3, -0.25) is 9.69 Å². The van der Waals surface area contributed by atoms with Gasteiger partial charge < -0.3 is 14.8 Å². The molecule has 0 aliphatic carbocycles. The van der Waals surface area contributed by atoms with Gasteiger partial charge in [-0.1, -0.05) is 83.4 Å². The minimum absolute atomic E-state index is 0.0442. The molecule has 200 valence electrons. The number of methoxy groups -OCH3 is 1. The molecule has 1 aromatic carbocycles. The fraction of sp³-hybridized carbons (Fsp3) is 0.724. The zero-order valence-electron chi connectivity index (χ0n) is 23.0. The first kappa shape index (κ1) is 31.0. The van der Waals surface area contributed by atoms with Gasteiger partial charge >= 0.3 is 6.16 Å². The maximum atomic E-state index is 12.6. The largest absolute Gasteiger partial charge is 0.507 e. The Bertz CT molecular complexity index is 700. The van der Waals surface area contributed by atoms with E-state index < -0.39 is 6.16 Å². The number of piperidine rings is 1. The molecule has 1 N–H and O–H groups in total. The van der Waals surface area contributed by atoms with Crippen LogP contribution >= 0.6 is 0 Å². The Morgan fingerprint density at radius 2 is 1.57 bits per heavy atom. The number of ether oxygens (including phenoxy) is 2. The van der Waals surface area contributed by atoms with Crippen LogP contribution in [0.15, 0.2) is 18.2 Å². The van der Waals surface area contributed by atoms with E-state index in [0.29, 0.717) is 6.61 Å². The van der Waals surface area contributed by atoms with E-state index in [1.54, 1.807) is 0 Å². The Balaban J connectivity index is 0.000000367. The normalized spacial score (nSPS) is 15.6. The van der Waals surface area contributed by atoms with Crippen LogP contribution in [-0.4, -0.2) is 49.8 Å². The highest BCUT2D eigenvalue weighted by Gasteiger charge is 2.28. The van der Waals surface area contributed by atoms with Crippen LogP contribution in [0.1, 0.15) is 102 Å². The van der Waals surface area contributed by atoms with Crippen molar-refractivity contribution < 1.29 is 19.1 Å². The molecule has 1 aromatic rings. The lowest BCUT2D eigenvalue weighted by atomic mass is 10.0. The number of nitrogens with one attached hydrogen (secondary N) is 1. The molecule has 0 radical (unpaired) electrons. The van der Waals surface area contributed by atoms with Crippen LogP contribution in [-0.2, 0) is 14.3 Å². The van der Waals surface area contributed by atoms with E-state index >= 15 is 0 Å². The number of amides is 1. The Kier molecular flexibility index (Phi) is 16.9. The Morgan fingerprint density at radius 1 is 0.943 bits per heavy atom. The standard InChI is InChI=1S/C17H26N2O.C12H24O3/c1-4-11-19-12-6-5-10-15(19)17(20)18-16-13(2)8-7-9-14(16)3;1-3-4-5-6-7-8-9-10-11-15-12(13)14-2/h7-9,15H,4-6,10-12H2,1-3H3,(H,18,20);3-11H2,1-2H3. The number of para-hydroxylation sites is 1. The number of nitrogens with zero attached hydrogens (tertiary/aromatic N) is 1. The highest BCUT2D eigenvalue weighted by atomic mass is 16.7. The highest BCUT2D eigenvalue weighted by molar-refractivity contribution is 5.96. The smallest absolute Gasteiger partial charge is 0.438 e. The average Bonchev–Trinajstić information content (AvgIpc) is 2.86. The Labute approximate surface area is 214 Å². The summed E-state index contributed by atoms with van der Waals surface area (Å²) in [6, 6.07) is 6.17. The summed E-state index contributed by atoms with van der Waals surface area (Å²) >= 11 is 0. The van der Waals surface area contributed by atoms with Gasteiger partial charge in [0.2, 0.25) is 5.91 Å². The van der Waals surface area contributed by atoms with Crippen molar-refractivity contribution in [2.75, 3.05) is 32.1 Å². The van der Waals surface area contributed by atoms with Crippen LogP contribution in [0.4, 0.5) is 10.5 Å². The molecule has 1 atom stereocenters. The zero-order valence-corrected chi connectivity index (χ0v) is 23.0. The van der Waals surface area contributed by atoms with Crippen molar-refractivity contribution in [1.82, 2.24) is 4.90 Å². The summed E-state index contributed by atoms with van der Waals surface area (Å²) in [5.74, 6) is 0.163. The average molecular weight is 491 g/mol. The highest BCUT2D eigenvalue weighted by Crippen LogP contribution is 2.23. The first-order valence-corrected chi connectivity index (χ1v) is 13.8. The van der Waals surface area contributed by atoms with E-state index in [2.05, 4.69) is 28.8 Å². The van der Waals surface area contributed by atoms with Crippen LogP contribution in [0.5, 0.6) is 0 Å². The molecule has 6 nitrogen and oxygen atoms in total. The monoisotopic (exact) mass is 490 g/mol. The van der Waals surface area contributed by atoms with E-state index in [1.807, 2.05) is 32.0 Å². The summed E-state index contributed by atoms with van der Waals surface area (Å²) < 4.78 is 9.14. The van der Waals surface area contributed by atoms with E-state index in [-0.39, 0.29) is 11.9 Å². The maximum Gasteiger partial charge on any atom is 0.507 e. The van der Waals surface area contributed by atoms with Gasteiger partial charge in [0.1, 0.15) is 0 Å².